The first kappa shape index (κ1) is 20.2. The third-order valence-corrected chi connectivity index (χ3v) is 5.93. The highest BCUT2D eigenvalue weighted by Crippen LogP contribution is 2.43. The van der Waals surface area contributed by atoms with E-state index in [-0.39, 0.29) is 6.10 Å². The summed E-state index contributed by atoms with van der Waals surface area (Å²) < 4.78 is 31.6. The highest BCUT2D eigenvalue weighted by molar-refractivity contribution is 7.79. The molecule has 1 aromatic heterocycles. The molecule has 6 nitrogen and oxygen atoms in total. The van der Waals surface area contributed by atoms with Gasteiger partial charge in [-0.15, -0.1) is 11.3 Å². The molecule has 1 aliphatic heterocycles. The van der Waals surface area contributed by atoms with Gasteiger partial charge in [-0.05, 0) is 53.6 Å². The lowest BCUT2D eigenvalue weighted by atomic mass is 9.88. The third-order valence-electron chi connectivity index (χ3n) is 4.91. The van der Waals surface area contributed by atoms with Crippen molar-refractivity contribution in [1.82, 2.24) is 4.90 Å². The monoisotopic (exact) mass is 409 g/mol. The maximum absolute atomic E-state index is 10.6. The van der Waals surface area contributed by atoms with Crippen molar-refractivity contribution in [2.24, 2.45) is 0 Å². The van der Waals surface area contributed by atoms with Gasteiger partial charge in [-0.3, -0.25) is 9.11 Å². The van der Waals surface area contributed by atoms with Crippen molar-refractivity contribution in [2.75, 3.05) is 20.1 Å². The highest BCUT2D eigenvalue weighted by Gasteiger charge is 2.27. The van der Waals surface area contributed by atoms with E-state index in [9.17, 15) is 5.11 Å². The first-order valence-electron chi connectivity index (χ1n) is 8.68. The molecule has 2 heterocycles. The molecule has 1 atom stereocenters. The molecular formula is C19H23NO5S2. The number of rotatable bonds is 0. The summed E-state index contributed by atoms with van der Waals surface area (Å²) in [6.07, 6.45) is 2.61. The van der Waals surface area contributed by atoms with Crippen LogP contribution >= 0.6 is 11.3 Å². The summed E-state index contributed by atoms with van der Waals surface area (Å²) in [4.78, 5) is 3.54. The zero-order chi connectivity index (χ0) is 19.6. The number of aliphatic hydroxyl groups excluding tert-OH is 1. The molecule has 4 rings (SSSR count). The lowest BCUT2D eigenvalue weighted by molar-refractivity contribution is 0.182. The fourth-order valence-electron chi connectivity index (χ4n) is 3.69. The Morgan fingerprint density at radius 2 is 1.70 bits per heavy atom. The number of fused-ring (bicyclic) bond motifs is 2. The first-order chi connectivity index (χ1) is 12.7. The number of likely N-dealkylation sites (tertiary alicyclic amines) is 1. The molecule has 8 heteroatoms. The van der Waals surface area contributed by atoms with Crippen LogP contribution in [0.25, 0.3) is 5.57 Å². The molecule has 2 aliphatic rings. The Labute approximate surface area is 163 Å². The van der Waals surface area contributed by atoms with Crippen LogP contribution in [0.3, 0.4) is 0 Å². The van der Waals surface area contributed by atoms with Gasteiger partial charge in [0, 0.05) is 24.4 Å². The smallest absolute Gasteiger partial charge is 0.387 e. The van der Waals surface area contributed by atoms with E-state index in [1.54, 1.807) is 16.9 Å². The lowest BCUT2D eigenvalue weighted by Crippen LogP contribution is -2.27. The van der Waals surface area contributed by atoms with Crippen molar-refractivity contribution in [2.45, 2.75) is 25.4 Å². The molecule has 1 fully saturated rings. The van der Waals surface area contributed by atoms with Crippen LogP contribution in [0.4, 0.5) is 0 Å². The molecule has 27 heavy (non-hydrogen) atoms. The topological polar surface area (TPSA) is 98.1 Å². The highest BCUT2D eigenvalue weighted by atomic mass is 32.3. The van der Waals surface area contributed by atoms with Crippen LogP contribution in [-0.2, 0) is 16.8 Å². The average Bonchev–Trinajstić information content (AvgIpc) is 3.02. The molecule has 1 aliphatic carbocycles. The van der Waals surface area contributed by atoms with Crippen molar-refractivity contribution < 1.29 is 22.6 Å². The largest absolute Gasteiger partial charge is 0.394 e. The van der Waals surface area contributed by atoms with E-state index in [0.29, 0.717) is 0 Å². The van der Waals surface area contributed by atoms with Crippen LogP contribution in [0.15, 0.2) is 41.3 Å². The van der Waals surface area contributed by atoms with Gasteiger partial charge in [-0.25, -0.2) is 0 Å². The van der Waals surface area contributed by atoms with Gasteiger partial charge in [0.2, 0.25) is 0 Å². The van der Waals surface area contributed by atoms with Gasteiger partial charge in [-0.2, -0.15) is 8.42 Å². The molecule has 0 amide bonds. The quantitative estimate of drug-likeness (QED) is 0.578. The Hall–Kier alpha value is -1.55. The van der Waals surface area contributed by atoms with Crippen molar-refractivity contribution in [1.29, 1.82) is 0 Å². The molecule has 0 radical (unpaired) electrons. The van der Waals surface area contributed by atoms with Gasteiger partial charge >= 0.3 is 10.4 Å². The van der Waals surface area contributed by atoms with Crippen LogP contribution in [-0.4, -0.2) is 47.7 Å². The molecule has 2 aromatic rings. The van der Waals surface area contributed by atoms with Crippen LogP contribution in [0, 0.1) is 0 Å². The number of nitrogens with zero attached hydrogens (tertiary/aromatic N) is 1. The second-order valence-electron chi connectivity index (χ2n) is 6.81. The van der Waals surface area contributed by atoms with E-state index in [2.05, 4.69) is 47.7 Å². The molecule has 0 spiro atoms. The summed E-state index contributed by atoms with van der Waals surface area (Å²) in [5.74, 6) is 0. The van der Waals surface area contributed by atoms with Gasteiger partial charge < -0.3 is 10.0 Å². The summed E-state index contributed by atoms with van der Waals surface area (Å²) in [6, 6.07) is 10.8. The van der Waals surface area contributed by atoms with Gasteiger partial charge in [-0.1, -0.05) is 29.8 Å². The van der Waals surface area contributed by atoms with Crippen molar-refractivity contribution in [3.8, 4) is 0 Å². The van der Waals surface area contributed by atoms with E-state index < -0.39 is 10.4 Å². The van der Waals surface area contributed by atoms with Crippen LogP contribution in [0.2, 0.25) is 0 Å². The number of piperidine rings is 1. The predicted molar refractivity (Wildman–Crippen MR) is 106 cm³/mol. The molecular weight excluding hydrogens is 386 g/mol. The fourth-order valence-corrected chi connectivity index (χ4v) is 4.58. The minimum absolute atomic E-state index is 0.375. The Kier molecular flexibility index (Phi) is 6.15. The van der Waals surface area contributed by atoms with Gasteiger partial charge in [0.15, 0.2) is 0 Å². The molecule has 1 saturated heterocycles. The number of hydrogen-bond acceptors (Lipinski definition) is 5. The van der Waals surface area contributed by atoms with Gasteiger partial charge in [0.25, 0.3) is 0 Å². The standard InChI is InChI=1S/C19H21NOS.H2O4S/c1-20-9-6-13(7-10-20)18-15-5-3-2-4-14(15)12-17(21)19-16(18)8-11-22-19;1-5(2,3)4/h2-5,8,11,17,21H,6-7,9-10,12H2,1H3;(H2,1,2,3,4). The second kappa shape index (κ2) is 8.22. The maximum atomic E-state index is 10.6. The normalized spacial score (nSPS) is 20.2. The summed E-state index contributed by atoms with van der Waals surface area (Å²) in [5.41, 5.74) is 6.83. The SMILES string of the molecule is CN1CCC(=C2c3ccccc3CC(O)c3sccc32)CC1.O=S(=O)(O)O. The van der Waals surface area contributed by atoms with Crippen molar-refractivity contribution in [3.05, 3.63) is 62.9 Å². The predicted octanol–water partition coefficient (Wildman–Crippen LogP) is 3.21. The van der Waals surface area contributed by atoms with E-state index >= 15 is 0 Å². The average molecular weight is 410 g/mol. The summed E-state index contributed by atoms with van der Waals surface area (Å²) >= 11 is 1.69. The number of aliphatic hydroxyl groups is 1. The Balaban J connectivity index is 0.000000376. The summed E-state index contributed by atoms with van der Waals surface area (Å²) in [6.45, 7) is 2.26. The molecule has 0 bridgehead atoms. The molecule has 1 aromatic carbocycles. The fraction of sp³-hybridized carbons (Fsp3) is 0.368. The lowest BCUT2D eigenvalue weighted by Gasteiger charge is -2.27. The minimum atomic E-state index is -4.67. The van der Waals surface area contributed by atoms with Gasteiger partial charge in [0.1, 0.15) is 0 Å². The second-order valence-corrected chi connectivity index (χ2v) is 8.65. The Morgan fingerprint density at radius 3 is 2.37 bits per heavy atom. The van der Waals surface area contributed by atoms with Crippen molar-refractivity contribution >= 4 is 27.3 Å². The first-order valence-corrected chi connectivity index (χ1v) is 11.0. The summed E-state index contributed by atoms with van der Waals surface area (Å²) in [5, 5.41) is 12.7. The Morgan fingerprint density at radius 1 is 1.07 bits per heavy atom. The van der Waals surface area contributed by atoms with E-state index in [0.717, 1.165) is 37.2 Å². The van der Waals surface area contributed by atoms with E-state index in [1.165, 1.54) is 22.3 Å². The van der Waals surface area contributed by atoms with Gasteiger partial charge in [0.05, 0.1) is 6.10 Å². The van der Waals surface area contributed by atoms with Crippen LogP contribution in [0.5, 0.6) is 0 Å². The van der Waals surface area contributed by atoms with E-state index in [1.807, 2.05) is 0 Å². The number of thiophene rings is 1. The van der Waals surface area contributed by atoms with Crippen LogP contribution in [0.1, 0.15) is 40.5 Å². The molecule has 146 valence electrons. The van der Waals surface area contributed by atoms with Crippen molar-refractivity contribution in [3.63, 3.8) is 0 Å². The molecule has 1 unspecified atom stereocenters. The number of benzene rings is 1. The van der Waals surface area contributed by atoms with Crippen LogP contribution < -0.4 is 0 Å². The zero-order valence-electron chi connectivity index (χ0n) is 15.0. The Bertz CT molecular complexity index is 931. The maximum Gasteiger partial charge on any atom is 0.394 e. The zero-order valence-corrected chi connectivity index (χ0v) is 16.6. The third kappa shape index (κ3) is 5.04. The molecule has 0 saturated carbocycles. The number of hydrogen-bond donors (Lipinski definition) is 3. The summed E-state index contributed by atoms with van der Waals surface area (Å²) in [7, 11) is -2.47. The van der Waals surface area contributed by atoms with E-state index in [4.69, 9.17) is 17.5 Å². The molecule has 3 N–H and O–H groups in total. The minimum Gasteiger partial charge on any atom is -0.387 e.